The lowest BCUT2D eigenvalue weighted by Crippen LogP contribution is -2.39. The van der Waals surface area contributed by atoms with Crippen molar-refractivity contribution in [2.24, 2.45) is 5.92 Å². The highest BCUT2D eigenvalue weighted by molar-refractivity contribution is 7.91. The molecule has 1 atom stereocenters. The smallest absolute Gasteiger partial charge is 0.227 e. The van der Waals surface area contributed by atoms with Crippen LogP contribution in [0.1, 0.15) is 25.7 Å². The monoisotopic (exact) mass is 256 g/mol. The zero-order valence-corrected chi connectivity index (χ0v) is 10.4. The van der Waals surface area contributed by atoms with Crippen molar-refractivity contribution in [1.29, 1.82) is 5.26 Å². The topological polar surface area (TPSA) is 78.2 Å². The lowest BCUT2D eigenvalue weighted by atomic mass is 10.1. The maximum atomic E-state index is 12.2. The van der Waals surface area contributed by atoms with Crippen LogP contribution >= 0.6 is 0 Å². The molecule has 1 amide bonds. The molecule has 2 fully saturated rings. The second-order valence-electron chi connectivity index (χ2n) is 4.77. The summed E-state index contributed by atoms with van der Waals surface area (Å²) in [7, 11) is -3.01. The summed E-state index contributed by atoms with van der Waals surface area (Å²) < 4.78 is 22.7. The van der Waals surface area contributed by atoms with E-state index in [-0.39, 0.29) is 29.4 Å². The van der Waals surface area contributed by atoms with Crippen molar-refractivity contribution in [2.75, 3.05) is 18.1 Å². The van der Waals surface area contributed by atoms with E-state index in [2.05, 4.69) is 0 Å². The highest BCUT2D eigenvalue weighted by Crippen LogP contribution is 2.30. The summed E-state index contributed by atoms with van der Waals surface area (Å²) in [5, 5.41) is 8.56. The van der Waals surface area contributed by atoms with Crippen molar-refractivity contribution in [2.45, 2.75) is 31.7 Å². The van der Waals surface area contributed by atoms with Gasteiger partial charge in [0, 0.05) is 12.6 Å². The summed E-state index contributed by atoms with van der Waals surface area (Å²) in [5.74, 6) is -0.329. The maximum Gasteiger partial charge on any atom is 0.227 e. The Bertz CT molecular complexity index is 448. The van der Waals surface area contributed by atoms with Gasteiger partial charge in [-0.25, -0.2) is 8.42 Å². The number of nitriles is 1. The molecule has 0 aromatic heterocycles. The second kappa shape index (κ2) is 4.65. The van der Waals surface area contributed by atoms with Gasteiger partial charge >= 0.3 is 0 Å². The van der Waals surface area contributed by atoms with Gasteiger partial charge in [0.25, 0.3) is 0 Å². The van der Waals surface area contributed by atoms with Gasteiger partial charge in [-0.15, -0.1) is 0 Å². The van der Waals surface area contributed by atoms with Crippen molar-refractivity contribution in [1.82, 2.24) is 4.90 Å². The number of hydrogen-bond donors (Lipinski definition) is 0. The molecular formula is C11H16N2O3S. The molecule has 17 heavy (non-hydrogen) atoms. The molecule has 1 aliphatic heterocycles. The number of sulfone groups is 1. The van der Waals surface area contributed by atoms with E-state index < -0.39 is 9.84 Å². The standard InChI is InChI=1S/C11H16N2O3S/c12-5-1-6-13(10-2-3-10)11(14)9-4-7-17(15,16)8-9/h9-10H,1-4,6-8H2. The third kappa shape index (κ3) is 2.97. The summed E-state index contributed by atoms with van der Waals surface area (Å²) in [4.78, 5) is 13.9. The van der Waals surface area contributed by atoms with E-state index in [9.17, 15) is 13.2 Å². The van der Waals surface area contributed by atoms with Crippen molar-refractivity contribution in [3.63, 3.8) is 0 Å². The van der Waals surface area contributed by atoms with Crippen molar-refractivity contribution >= 4 is 15.7 Å². The van der Waals surface area contributed by atoms with E-state index in [1.807, 2.05) is 6.07 Å². The van der Waals surface area contributed by atoms with Crippen LogP contribution in [0.3, 0.4) is 0 Å². The molecule has 1 saturated carbocycles. The minimum Gasteiger partial charge on any atom is -0.338 e. The quantitative estimate of drug-likeness (QED) is 0.726. The molecule has 1 aliphatic carbocycles. The first-order chi connectivity index (χ1) is 8.03. The maximum absolute atomic E-state index is 12.2. The predicted octanol–water partition coefficient (Wildman–Crippen LogP) is 0.326. The highest BCUT2D eigenvalue weighted by atomic mass is 32.2. The largest absolute Gasteiger partial charge is 0.338 e. The van der Waals surface area contributed by atoms with Gasteiger partial charge in [0.2, 0.25) is 5.91 Å². The molecule has 94 valence electrons. The third-order valence-corrected chi connectivity index (χ3v) is 5.08. The first kappa shape index (κ1) is 12.4. The molecule has 1 heterocycles. The SMILES string of the molecule is N#CCCN(C(=O)C1CCS(=O)(=O)C1)C1CC1. The Hall–Kier alpha value is -1.09. The van der Waals surface area contributed by atoms with Gasteiger partial charge in [0.05, 0.1) is 29.9 Å². The van der Waals surface area contributed by atoms with Gasteiger partial charge in [-0.3, -0.25) is 4.79 Å². The average molecular weight is 256 g/mol. The number of hydrogen-bond acceptors (Lipinski definition) is 4. The van der Waals surface area contributed by atoms with Gasteiger partial charge in [-0.05, 0) is 19.3 Å². The Morgan fingerprint density at radius 1 is 1.35 bits per heavy atom. The Morgan fingerprint density at radius 2 is 2.06 bits per heavy atom. The van der Waals surface area contributed by atoms with Crippen molar-refractivity contribution < 1.29 is 13.2 Å². The van der Waals surface area contributed by atoms with Crippen LogP contribution in [0, 0.1) is 17.2 Å². The Kier molecular flexibility index (Phi) is 3.38. The molecule has 6 heteroatoms. The van der Waals surface area contributed by atoms with Gasteiger partial charge in [-0.1, -0.05) is 0 Å². The molecule has 0 aromatic carbocycles. The molecule has 2 rings (SSSR count). The highest BCUT2D eigenvalue weighted by Gasteiger charge is 2.39. The van der Waals surface area contributed by atoms with Crippen molar-refractivity contribution in [3.8, 4) is 6.07 Å². The Labute approximate surface area is 101 Å². The first-order valence-corrected chi connectivity index (χ1v) is 7.73. The third-order valence-electron chi connectivity index (χ3n) is 3.32. The first-order valence-electron chi connectivity index (χ1n) is 5.91. The Balaban J connectivity index is 1.99. The van der Waals surface area contributed by atoms with Gasteiger partial charge in [-0.2, -0.15) is 5.26 Å². The molecular weight excluding hydrogens is 240 g/mol. The van der Waals surface area contributed by atoms with E-state index >= 15 is 0 Å². The normalized spacial score (nSPS) is 26.4. The van der Waals surface area contributed by atoms with Crippen LogP contribution in [0.4, 0.5) is 0 Å². The molecule has 0 aromatic rings. The fraction of sp³-hybridized carbons (Fsp3) is 0.818. The minimum atomic E-state index is -3.01. The molecule has 0 spiro atoms. The molecule has 0 bridgehead atoms. The second-order valence-corrected chi connectivity index (χ2v) is 7.00. The molecule has 2 aliphatic rings. The zero-order chi connectivity index (χ0) is 12.5. The van der Waals surface area contributed by atoms with Crippen LogP contribution in [0.5, 0.6) is 0 Å². The van der Waals surface area contributed by atoms with E-state index in [4.69, 9.17) is 5.26 Å². The van der Waals surface area contributed by atoms with E-state index in [0.29, 0.717) is 19.4 Å². The van der Waals surface area contributed by atoms with Crippen LogP contribution in [-0.2, 0) is 14.6 Å². The van der Waals surface area contributed by atoms with Gasteiger partial charge in [0.15, 0.2) is 9.84 Å². The summed E-state index contributed by atoms with van der Waals surface area (Å²) in [6.07, 6.45) is 2.73. The summed E-state index contributed by atoms with van der Waals surface area (Å²) in [6.45, 7) is 0.441. The molecule has 5 nitrogen and oxygen atoms in total. The molecule has 0 N–H and O–H groups in total. The predicted molar refractivity (Wildman–Crippen MR) is 61.7 cm³/mol. The van der Waals surface area contributed by atoms with Crippen LogP contribution in [-0.4, -0.2) is 43.3 Å². The van der Waals surface area contributed by atoms with Crippen LogP contribution < -0.4 is 0 Å². The zero-order valence-electron chi connectivity index (χ0n) is 9.63. The van der Waals surface area contributed by atoms with Crippen LogP contribution in [0.2, 0.25) is 0 Å². The number of amides is 1. The summed E-state index contributed by atoms with van der Waals surface area (Å²) >= 11 is 0. The molecule has 1 unspecified atom stereocenters. The number of carbonyl (C=O) groups is 1. The summed E-state index contributed by atoms with van der Waals surface area (Å²) in [6, 6.07) is 2.28. The van der Waals surface area contributed by atoms with Gasteiger partial charge in [0.1, 0.15) is 0 Å². The van der Waals surface area contributed by atoms with E-state index in [0.717, 1.165) is 12.8 Å². The minimum absolute atomic E-state index is 0.0123. The number of carbonyl (C=O) groups excluding carboxylic acids is 1. The van der Waals surface area contributed by atoms with E-state index in [1.165, 1.54) is 0 Å². The molecule has 1 saturated heterocycles. The van der Waals surface area contributed by atoms with Crippen LogP contribution in [0.25, 0.3) is 0 Å². The lowest BCUT2D eigenvalue weighted by Gasteiger charge is -2.24. The Morgan fingerprint density at radius 3 is 2.53 bits per heavy atom. The van der Waals surface area contributed by atoms with E-state index in [1.54, 1.807) is 4.90 Å². The number of nitrogens with zero attached hydrogens (tertiary/aromatic N) is 2. The number of rotatable bonds is 4. The summed E-state index contributed by atoms with van der Waals surface area (Å²) in [5.41, 5.74) is 0. The fourth-order valence-electron chi connectivity index (χ4n) is 2.25. The van der Waals surface area contributed by atoms with Crippen molar-refractivity contribution in [3.05, 3.63) is 0 Å². The molecule has 0 radical (unpaired) electrons. The van der Waals surface area contributed by atoms with Gasteiger partial charge < -0.3 is 4.90 Å². The lowest BCUT2D eigenvalue weighted by molar-refractivity contribution is -0.135. The van der Waals surface area contributed by atoms with Crippen LogP contribution in [0.15, 0.2) is 0 Å². The average Bonchev–Trinajstić information content (AvgIpc) is 3.03. The fourth-order valence-corrected chi connectivity index (χ4v) is 3.99.